The van der Waals surface area contributed by atoms with E-state index in [-0.39, 0.29) is 0 Å². The van der Waals surface area contributed by atoms with Crippen LogP contribution in [0.1, 0.15) is 22.3 Å². The summed E-state index contributed by atoms with van der Waals surface area (Å²) in [5, 5.41) is 2.20. The van der Waals surface area contributed by atoms with Crippen LogP contribution in [0.15, 0.2) is 94.9 Å². The lowest BCUT2D eigenvalue weighted by Gasteiger charge is -2.05. The largest absolute Gasteiger partial charge is 0.256 e. The SMILES string of the molecule is Cc1cccc(C=Nc2cccc3c(N=Cc4cccc(C)c4)cccc23)c1. The highest BCUT2D eigenvalue weighted by molar-refractivity contribution is 6.02. The third-order valence-corrected chi connectivity index (χ3v) is 4.67. The fraction of sp³-hybridized carbons (Fsp3) is 0.0769. The Morgan fingerprint density at radius 2 is 0.964 bits per heavy atom. The summed E-state index contributed by atoms with van der Waals surface area (Å²) in [5.74, 6) is 0. The minimum absolute atomic E-state index is 0.951. The van der Waals surface area contributed by atoms with Gasteiger partial charge in [-0.1, -0.05) is 83.9 Å². The molecule has 0 saturated heterocycles. The molecule has 4 aromatic rings. The number of rotatable bonds is 4. The minimum atomic E-state index is 0.951. The zero-order valence-electron chi connectivity index (χ0n) is 16.1. The second kappa shape index (κ2) is 8.01. The molecule has 2 nitrogen and oxygen atoms in total. The van der Waals surface area contributed by atoms with Crippen molar-refractivity contribution in [2.45, 2.75) is 13.8 Å². The highest BCUT2D eigenvalue weighted by atomic mass is 14.7. The summed E-state index contributed by atoms with van der Waals surface area (Å²) >= 11 is 0. The van der Waals surface area contributed by atoms with Gasteiger partial charge in [0.05, 0.1) is 11.4 Å². The van der Waals surface area contributed by atoms with Crippen molar-refractivity contribution in [3.8, 4) is 0 Å². The average molecular weight is 362 g/mol. The lowest BCUT2D eigenvalue weighted by molar-refractivity contribution is 1.45. The summed E-state index contributed by atoms with van der Waals surface area (Å²) in [6.45, 7) is 4.18. The first-order valence-corrected chi connectivity index (χ1v) is 9.42. The van der Waals surface area contributed by atoms with Crippen LogP contribution in [-0.2, 0) is 0 Å². The van der Waals surface area contributed by atoms with Crippen LogP contribution in [0.2, 0.25) is 0 Å². The number of nitrogens with zero attached hydrogens (tertiary/aromatic N) is 2. The topological polar surface area (TPSA) is 24.7 Å². The van der Waals surface area contributed by atoms with Crippen molar-refractivity contribution in [2.24, 2.45) is 9.98 Å². The molecule has 0 amide bonds. The minimum Gasteiger partial charge on any atom is -0.256 e. The Kier molecular flexibility index (Phi) is 5.11. The van der Waals surface area contributed by atoms with Crippen LogP contribution in [0, 0.1) is 13.8 Å². The van der Waals surface area contributed by atoms with Crippen molar-refractivity contribution in [1.82, 2.24) is 0 Å². The van der Waals surface area contributed by atoms with Gasteiger partial charge < -0.3 is 0 Å². The normalized spacial score (nSPS) is 11.6. The highest BCUT2D eigenvalue weighted by Crippen LogP contribution is 2.32. The Bertz CT molecular complexity index is 1090. The van der Waals surface area contributed by atoms with Gasteiger partial charge in [0.15, 0.2) is 0 Å². The van der Waals surface area contributed by atoms with Gasteiger partial charge in [0.1, 0.15) is 0 Å². The fourth-order valence-corrected chi connectivity index (χ4v) is 3.29. The van der Waals surface area contributed by atoms with Crippen molar-refractivity contribution in [3.63, 3.8) is 0 Å². The van der Waals surface area contributed by atoms with Crippen LogP contribution in [0.5, 0.6) is 0 Å². The van der Waals surface area contributed by atoms with Crippen molar-refractivity contribution < 1.29 is 0 Å². The van der Waals surface area contributed by atoms with Crippen LogP contribution < -0.4 is 0 Å². The number of aliphatic imine (C=N–C) groups is 2. The molecule has 0 atom stereocenters. The molecule has 0 heterocycles. The summed E-state index contributed by atoms with van der Waals surface area (Å²) in [5.41, 5.74) is 6.57. The molecule has 136 valence electrons. The van der Waals surface area contributed by atoms with Crippen molar-refractivity contribution in [1.29, 1.82) is 0 Å². The first kappa shape index (κ1) is 17.9. The summed E-state index contributed by atoms with van der Waals surface area (Å²) in [4.78, 5) is 9.48. The van der Waals surface area contributed by atoms with E-state index >= 15 is 0 Å². The molecule has 0 N–H and O–H groups in total. The molecule has 2 heteroatoms. The number of benzene rings is 4. The van der Waals surface area contributed by atoms with Gasteiger partial charge in [0, 0.05) is 23.2 Å². The van der Waals surface area contributed by atoms with Crippen molar-refractivity contribution >= 4 is 34.6 Å². The van der Waals surface area contributed by atoms with E-state index in [1.165, 1.54) is 11.1 Å². The Morgan fingerprint density at radius 1 is 0.536 bits per heavy atom. The molecule has 4 rings (SSSR count). The predicted octanol–water partition coefficient (Wildman–Crippen LogP) is 6.96. The predicted molar refractivity (Wildman–Crippen MR) is 121 cm³/mol. The Labute approximate surface area is 165 Å². The molecule has 0 aromatic heterocycles. The lowest BCUT2D eigenvalue weighted by Crippen LogP contribution is -1.83. The summed E-state index contributed by atoms with van der Waals surface area (Å²) in [6.07, 6.45) is 3.84. The molecule has 0 unspecified atom stereocenters. The smallest absolute Gasteiger partial charge is 0.0709 e. The molecule has 0 radical (unpaired) electrons. The second-order valence-electron chi connectivity index (χ2n) is 6.99. The van der Waals surface area contributed by atoms with E-state index in [2.05, 4.69) is 74.5 Å². The summed E-state index contributed by atoms with van der Waals surface area (Å²) in [7, 11) is 0. The number of fused-ring (bicyclic) bond motifs is 1. The van der Waals surface area contributed by atoms with Gasteiger partial charge in [-0.25, -0.2) is 0 Å². The standard InChI is InChI=1S/C26H22N2/c1-19-7-3-9-21(15-19)17-27-25-13-5-12-24-23(25)11-6-14-26(24)28-18-22-10-4-8-20(2)16-22/h3-18H,1-2H3. The fourth-order valence-electron chi connectivity index (χ4n) is 3.29. The van der Waals surface area contributed by atoms with Gasteiger partial charge in [-0.3, -0.25) is 9.98 Å². The molecule has 28 heavy (non-hydrogen) atoms. The monoisotopic (exact) mass is 362 g/mol. The average Bonchev–Trinajstić information content (AvgIpc) is 2.71. The molecule has 0 fully saturated rings. The maximum absolute atomic E-state index is 4.74. The third kappa shape index (κ3) is 4.07. The van der Waals surface area contributed by atoms with Crippen LogP contribution in [0.25, 0.3) is 10.8 Å². The quantitative estimate of drug-likeness (QED) is 0.351. The number of hydrogen-bond acceptors (Lipinski definition) is 2. The highest BCUT2D eigenvalue weighted by Gasteiger charge is 2.03. The van der Waals surface area contributed by atoms with E-state index in [1.807, 2.05) is 36.7 Å². The molecule has 0 aliphatic rings. The summed E-state index contributed by atoms with van der Waals surface area (Å²) in [6, 6.07) is 29.1. The van der Waals surface area contributed by atoms with Crippen LogP contribution in [0.4, 0.5) is 11.4 Å². The van der Waals surface area contributed by atoms with Crippen LogP contribution in [0.3, 0.4) is 0 Å². The molecule has 0 aliphatic carbocycles. The molecule has 0 bridgehead atoms. The van der Waals surface area contributed by atoms with Gasteiger partial charge in [-0.2, -0.15) is 0 Å². The Balaban J connectivity index is 1.70. The Hall–Kier alpha value is -3.52. The summed E-state index contributed by atoms with van der Waals surface area (Å²) < 4.78 is 0. The van der Waals surface area contributed by atoms with Crippen molar-refractivity contribution in [2.75, 3.05) is 0 Å². The molecule has 0 saturated carbocycles. The maximum Gasteiger partial charge on any atom is 0.0709 e. The van der Waals surface area contributed by atoms with E-state index in [1.54, 1.807) is 0 Å². The molecular weight excluding hydrogens is 340 g/mol. The molecule has 0 spiro atoms. The third-order valence-electron chi connectivity index (χ3n) is 4.67. The maximum atomic E-state index is 4.74. The van der Waals surface area contributed by atoms with Gasteiger partial charge in [0.25, 0.3) is 0 Å². The number of hydrogen-bond donors (Lipinski definition) is 0. The van der Waals surface area contributed by atoms with Crippen LogP contribution >= 0.6 is 0 Å². The Morgan fingerprint density at radius 3 is 1.39 bits per heavy atom. The van der Waals surface area contributed by atoms with E-state index in [9.17, 15) is 0 Å². The van der Waals surface area contributed by atoms with Gasteiger partial charge in [-0.15, -0.1) is 0 Å². The molecule has 0 aliphatic heterocycles. The second-order valence-corrected chi connectivity index (χ2v) is 6.99. The van der Waals surface area contributed by atoms with E-state index < -0.39 is 0 Å². The zero-order valence-corrected chi connectivity index (χ0v) is 16.1. The first-order valence-electron chi connectivity index (χ1n) is 9.42. The van der Waals surface area contributed by atoms with Gasteiger partial charge in [-0.05, 0) is 37.1 Å². The van der Waals surface area contributed by atoms with E-state index in [0.717, 1.165) is 33.3 Å². The van der Waals surface area contributed by atoms with Gasteiger partial charge in [0.2, 0.25) is 0 Å². The lowest BCUT2D eigenvalue weighted by atomic mass is 10.1. The zero-order chi connectivity index (χ0) is 19.3. The first-order chi connectivity index (χ1) is 13.7. The van der Waals surface area contributed by atoms with E-state index in [0.29, 0.717) is 0 Å². The molecule has 4 aromatic carbocycles. The van der Waals surface area contributed by atoms with Gasteiger partial charge >= 0.3 is 0 Å². The molecular formula is C26H22N2. The van der Waals surface area contributed by atoms with Crippen LogP contribution in [-0.4, -0.2) is 12.4 Å². The van der Waals surface area contributed by atoms with E-state index in [4.69, 9.17) is 9.98 Å². The van der Waals surface area contributed by atoms with Crippen molar-refractivity contribution in [3.05, 3.63) is 107 Å². The number of aryl methyl sites for hydroxylation is 2.